The highest BCUT2D eigenvalue weighted by Crippen LogP contribution is 2.52. The van der Waals surface area contributed by atoms with E-state index in [9.17, 15) is 0 Å². The summed E-state index contributed by atoms with van der Waals surface area (Å²) in [5.41, 5.74) is 22.8. The maximum absolute atomic E-state index is 2.40. The number of hydrogen-bond acceptors (Lipinski definition) is 2. The molecule has 2 heteroatoms. The number of anilines is 4. The summed E-state index contributed by atoms with van der Waals surface area (Å²) in [6, 6.07) is 67.2. The van der Waals surface area contributed by atoms with Crippen LogP contribution < -0.4 is 9.80 Å². The van der Waals surface area contributed by atoms with Crippen LogP contribution in [0, 0.1) is 0 Å². The van der Waals surface area contributed by atoms with Gasteiger partial charge in [0.15, 0.2) is 0 Å². The van der Waals surface area contributed by atoms with Crippen LogP contribution in [0.5, 0.6) is 0 Å². The van der Waals surface area contributed by atoms with Crippen molar-refractivity contribution < 1.29 is 0 Å². The number of nitrogens with zero attached hydrogens (tertiary/aromatic N) is 2. The van der Waals surface area contributed by atoms with Crippen LogP contribution in [-0.2, 0) is 10.8 Å². The standard InChI is InChI=1S/C56H48N2/c1-55(2)50-21-12-10-20-46(50)48-32-29-44(36-52(48)55)58(6)54-22-13-11-19-45(54)39-25-23-38(24-26-39)40-17-14-18-42(33-40)57(5)43-28-31-49-47-30-27-41(37-15-8-7-9-16-37)34-51(47)56(3,4)53(49)35-43/h7-36H,1-6H3. The molecule has 0 N–H and O–H groups in total. The van der Waals surface area contributed by atoms with Crippen molar-refractivity contribution in [3.63, 3.8) is 0 Å². The lowest BCUT2D eigenvalue weighted by molar-refractivity contribution is 0.660. The molecule has 0 atom stereocenters. The molecule has 0 fully saturated rings. The van der Waals surface area contributed by atoms with Crippen LogP contribution in [0.2, 0.25) is 0 Å². The monoisotopic (exact) mass is 748 g/mol. The normalized spacial score (nSPS) is 14.0. The van der Waals surface area contributed by atoms with E-state index in [4.69, 9.17) is 0 Å². The van der Waals surface area contributed by atoms with Crippen LogP contribution in [0.15, 0.2) is 182 Å². The molecule has 0 aromatic heterocycles. The highest BCUT2D eigenvalue weighted by molar-refractivity contribution is 5.88. The Labute approximate surface area is 343 Å². The maximum Gasteiger partial charge on any atom is 0.0487 e. The summed E-state index contributed by atoms with van der Waals surface area (Å²) in [5, 5.41) is 0. The molecule has 0 bridgehead atoms. The quantitative estimate of drug-likeness (QED) is 0.160. The largest absolute Gasteiger partial charge is 0.345 e. The lowest BCUT2D eigenvalue weighted by atomic mass is 9.81. The first-order valence-electron chi connectivity index (χ1n) is 20.5. The van der Waals surface area contributed by atoms with Crippen LogP contribution in [0.3, 0.4) is 0 Å². The lowest BCUT2D eigenvalue weighted by Gasteiger charge is -2.26. The molecular formula is C56H48N2. The molecule has 0 saturated carbocycles. The molecule has 10 rings (SSSR count). The number of para-hydroxylation sites is 1. The molecule has 0 spiro atoms. The van der Waals surface area contributed by atoms with Crippen LogP contribution >= 0.6 is 0 Å². The Balaban J connectivity index is 0.905. The molecular weight excluding hydrogens is 701 g/mol. The predicted octanol–water partition coefficient (Wildman–Crippen LogP) is 14.8. The number of rotatable bonds is 7. The lowest BCUT2D eigenvalue weighted by Crippen LogP contribution is -2.16. The molecule has 0 aliphatic heterocycles. The smallest absolute Gasteiger partial charge is 0.0487 e. The van der Waals surface area contributed by atoms with Crippen LogP contribution in [0.25, 0.3) is 55.6 Å². The van der Waals surface area contributed by atoms with E-state index in [1.54, 1.807) is 0 Å². The van der Waals surface area contributed by atoms with Gasteiger partial charge in [-0.05, 0) is 121 Å². The number of fused-ring (bicyclic) bond motifs is 6. The van der Waals surface area contributed by atoms with Gasteiger partial charge in [-0.1, -0.05) is 161 Å². The van der Waals surface area contributed by atoms with Gasteiger partial charge in [-0.15, -0.1) is 0 Å². The molecule has 2 aliphatic rings. The van der Waals surface area contributed by atoms with Gasteiger partial charge in [0.05, 0.1) is 0 Å². The van der Waals surface area contributed by atoms with Gasteiger partial charge in [0.2, 0.25) is 0 Å². The van der Waals surface area contributed by atoms with Crippen molar-refractivity contribution in [3.8, 4) is 55.6 Å². The summed E-state index contributed by atoms with van der Waals surface area (Å²) < 4.78 is 0. The molecule has 8 aromatic carbocycles. The number of hydrogen-bond donors (Lipinski definition) is 0. The van der Waals surface area contributed by atoms with E-state index in [1.807, 2.05) is 0 Å². The van der Waals surface area contributed by atoms with Crippen molar-refractivity contribution in [2.45, 2.75) is 38.5 Å². The Hall–Kier alpha value is -6.64. The summed E-state index contributed by atoms with van der Waals surface area (Å²) in [6.45, 7) is 9.42. The van der Waals surface area contributed by atoms with Gasteiger partial charge in [-0.25, -0.2) is 0 Å². The van der Waals surface area contributed by atoms with E-state index in [1.165, 1.54) is 95.0 Å². The van der Waals surface area contributed by atoms with Crippen LogP contribution in [0.4, 0.5) is 22.7 Å². The second-order valence-corrected chi connectivity index (χ2v) is 17.1. The van der Waals surface area contributed by atoms with Gasteiger partial charge in [0.25, 0.3) is 0 Å². The van der Waals surface area contributed by atoms with E-state index < -0.39 is 0 Å². The molecule has 8 aromatic rings. The van der Waals surface area contributed by atoms with Crippen molar-refractivity contribution in [2.24, 2.45) is 0 Å². The minimum Gasteiger partial charge on any atom is -0.345 e. The van der Waals surface area contributed by atoms with E-state index >= 15 is 0 Å². The third kappa shape index (κ3) is 5.70. The second kappa shape index (κ2) is 13.5. The summed E-state index contributed by atoms with van der Waals surface area (Å²) >= 11 is 0. The maximum atomic E-state index is 2.40. The average Bonchev–Trinajstić information content (AvgIpc) is 3.64. The fourth-order valence-corrected chi connectivity index (χ4v) is 9.68. The molecule has 2 aliphatic carbocycles. The van der Waals surface area contributed by atoms with Gasteiger partial charge >= 0.3 is 0 Å². The highest BCUT2D eigenvalue weighted by atomic mass is 15.1. The van der Waals surface area contributed by atoms with Crippen LogP contribution in [0.1, 0.15) is 49.9 Å². The third-order valence-electron chi connectivity index (χ3n) is 13.1. The zero-order valence-electron chi connectivity index (χ0n) is 34.2. The Morgan fingerprint density at radius 3 is 1.45 bits per heavy atom. The zero-order valence-corrected chi connectivity index (χ0v) is 34.2. The molecule has 0 saturated heterocycles. The van der Waals surface area contributed by atoms with Crippen molar-refractivity contribution in [1.82, 2.24) is 0 Å². The fourth-order valence-electron chi connectivity index (χ4n) is 9.68. The summed E-state index contributed by atoms with van der Waals surface area (Å²) in [6.07, 6.45) is 0. The van der Waals surface area contributed by atoms with E-state index in [-0.39, 0.29) is 10.8 Å². The van der Waals surface area contributed by atoms with E-state index in [0.29, 0.717) is 0 Å². The SMILES string of the molecule is CN(c1cccc(-c2ccc(-c3ccccc3N(C)c3ccc4c(c3)C(C)(C)c3ccccc3-4)cc2)c1)c1ccc2c(c1)C(C)(C)c1cc(-c3ccccc3)ccc1-2. The van der Waals surface area contributed by atoms with Gasteiger partial charge < -0.3 is 9.80 Å². The minimum atomic E-state index is -0.103. The summed E-state index contributed by atoms with van der Waals surface area (Å²) in [4.78, 5) is 4.65. The van der Waals surface area contributed by atoms with Crippen LogP contribution in [-0.4, -0.2) is 14.1 Å². The molecule has 0 amide bonds. The Morgan fingerprint density at radius 2 is 0.741 bits per heavy atom. The molecule has 0 unspecified atom stereocenters. The van der Waals surface area contributed by atoms with Gasteiger partial charge in [-0.3, -0.25) is 0 Å². The van der Waals surface area contributed by atoms with Crippen molar-refractivity contribution >= 4 is 22.7 Å². The number of benzene rings is 8. The van der Waals surface area contributed by atoms with Gasteiger partial charge in [0.1, 0.15) is 0 Å². The molecule has 58 heavy (non-hydrogen) atoms. The second-order valence-electron chi connectivity index (χ2n) is 17.1. The molecule has 2 nitrogen and oxygen atoms in total. The van der Waals surface area contributed by atoms with Gasteiger partial charge in [0, 0.05) is 53.2 Å². The molecule has 0 heterocycles. The predicted molar refractivity (Wildman–Crippen MR) is 247 cm³/mol. The molecule has 282 valence electrons. The zero-order chi connectivity index (χ0) is 39.8. The third-order valence-corrected chi connectivity index (χ3v) is 13.1. The Morgan fingerprint density at radius 1 is 0.293 bits per heavy atom. The fraction of sp³-hybridized carbons (Fsp3) is 0.143. The minimum absolute atomic E-state index is 0.0391. The van der Waals surface area contributed by atoms with Gasteiger partial charge in [-0.2, -0.15) is 0 Å². The highest BCUT2D eigenvalue weighted by Gasteiger charge is 2.37. The molecule has 0 radical (unpaired) electrons. The van der Waals surface area contributed by atoms with Crippen molar-refractivity contribution in [2.75, 3.05) is 23.9 Å². The Kier molecular flexibility index (Phi) is 8.32. The first-order chi connectivity index (χ1) is 28.1. The Bertz CT molecular complexity index is 2860. The summed E-state index contributed by atoms with van der Waals surface area (Å²) in [7, 11) is 4.37. The average molecular weight is 749 g/mol. The van der Waals surface area contributed by atoms with E-state index in [0.717, 1.165) is 5.69 Å². The van der Waals surface area contributed by atoms with Crippen molar-refractivity contribution in [1.29, 1.82) is 0 Å². The summed E-state index contributed by atoms with van der Waals surface area (Å²) in [5.74, 6) is 0. The van der Waals surface area contributed by atoms with E-state index in [2.05, 4.69) is 234 Å². The first kappa shape index (κ1) is 35.8. The topological polar surface area (TPSA) is 6.48 Å². The van der Waals surface area contributed by atoms with Crippen molar-refractivity contribution in [3.05, 3.63) is 204 Å². The first-order valence-corrected chi connectivity index (χ1v) is 20.5.